The first kappa shape index (κ1) is 15.8. The van der Waals surface area contributed by atoms with E-state index in [1.54, 1.807) is 0 Å². The quantitative estimate of drug-likeness (QED) is 0.797. The molecule has 0 aliphatic heterocycles. The van der Waals surface area contributed by atoms with Crippen molar-refractivity contribution in [1.29, 1.82) is 0 Å². The van der Waals surface area contributed by atoms with Crippen LogP contribution in [0.5, 0.6) is 0 Å². The number of carboxylic acid groups (broad SMARTS) is 1. The smallest absolute Gasteiger partial charge is 0.323 e. The zero-order chi connectivity index (χ0) is 14.5. The van der Waals surface area contributed by atoms with Gasteiger partial charge in [0.15, 0.2) is 0 Å². The van der Waals surface area contributed by atoms with E-state index in [0.717, 1.165) is 0 Å². The van der Waals surface area contributed by atoms with Gasteiger partial charge in [-0.05, 0) is 12.8 Å². The number of rotatable bonds is 6. The van der Waals surface area contributed by atoms with Crippen LogP contribution in [-0.2, 0) is 14.3 Å². The second-order valence-corrected chi connectivity index (χ2v) is 4.78. The lowest BCUT2D eigenvalue weighted by Crippen LogP contribution is -2.43. The number of halogens is 2. The van der Waals surface area contributed by atoms with E-state index in [1.807, 2.05) is 0 Å². The Labute approximate surface area is 110 Å². The van der Waals surface area contributed by atoms with Gasteiger partial charge >= 0.3 is 5.97 Å². The van der Waals surface area contributed by atoms with Gasteiger partial charge in [-0.2, -0.15) is 0 Å². The van der Waals surface area contributed by atoms with E-state index in [2.05, 4.69) is 0 Å². The number of hydrogen-bond donors (Lipinski definition) is 1. The van der Waals surface area contributed by atoms with E-state index in [-0.39, 0.29) is 44.7 Å². The maximum atomic E-state index is 13.0. The normalized spacial score (nSPS) is 19.1. The van der Waals surface area contributed by atoms with Gasteiger partial charge in [-0.3, -0.25) is 9.59 Å². The second-order valence-electron chi connectivity index (χ2n) is 4.78. The molecule has 110 valence electrons. The lowest BCUT2D eigenvalue weighted by Gasteiger charge is -2.31. The number of hydrogen-bond acceptors (Lipinski definition) is 3. The molecule has 1 rings (SSSR count). The molecule has 5 nitrogen and oxygen atoms in total. The molecule has 0 aromatic heterocycles. The third-order valence-corrected chi connectivity index (χ3v) is 3.27. The summed E-state index contributed by atoms with van der Waals surface area (Å²) in [5.41, 5.74) is 0. The molecule has 0 aromatic rings. The highest BCUT2D eigenvalue weighted by Gasteiger charge is 2.38. The fourth-order valence-corrected chi connectivity index (χ4v) is 2.18. The Hall–Kier alpha value is -1.24. The van der Waals surface area contributed by atoms with Crippen molar-refractivity contribution in [2.75, 3.05) is 26.8 Å². The number of carboxylic acids is 1. The van der Waals surface area contributed by atoms with Crippen LogP contribution in [0.25, 0.3) is 0 Å². The van der Waals surface area contributed by atoms with Crippen molar-refractivity contribution in [3.05, 3.63) is 0 Å². The van der Waals surface area contributed by atoms with E-state index < -0.39 is 24.4 Å². The third-order valence-electron chi connectivity index (χ3n) is 3.27. The van der Waals surface area contributed by atoms with Gasteiger partial charge in [-0.15, -0.1) is 0 Å². The van der Waals surface area contributed by atoms with E-state index >= 15 is 0 Å². The molecule has 0 spiro atoms. The van der Waals surface area contributed by atoms with E-state index in [1.165, 1.54) is 12.0 Å². The molecule has 1 aliphatic rings. The summed E-state index contributed by atoms with van der Waals surface area (Å²) in [5.74, 6) is -4.68. The Balaban J connectivity index is 2.58. The Morgan fingerprint density at radius 1 is 1.37 bits per heavy atom. The summed E-state index contributed by atoms with van der Waals surface area (Å²) >= 11 is 0. The zero-order valence-corrected chi connectivity index (χ0v) is 10.9. The largest absolute Gasteiger partial charge is 0.480 e. The highest BCUT2D eigenvalue weighted by Crippen LogP contribution is 2.36. The Morgan fingerprint density at radius 2 is 1.95 bits per heavy atom. The molecule has 1 amide bonds. The molecular weight excluding hydrogens is 260 g/mol. The number of alkyl halides is 2. The monoisotopic (exact) mass is 279 g/mol. The van der Waals surface area contributed by atoms with E-state index in [0.29, 0.717) is 0 Å². The average molecular weight is 279 g/mol. The molecule has 19 heavy (non-hydrogen) atoms. The molecule has 0 heterocycles. The summed E-state index contributed by atoms with van der Waals surface area (Å²) in [6.45, 7) is -0.0362. The van der Waals surface area contributed by atoms with Crippen LogP contribution in [0.1, 0.15) is 25.7 Å². The molecule has 0 bridgehead atoms. The van der Waals surface area contributed by atoms with Gasteiger partial charge in [-0.1, -0.05) is 0 Å². The molecule has 0 aromatic carbocycles. The number of methoxy groups -OCH3 is 1. The number of amides is 1. The number of carbonyl (C=O) groups excluding carboxylic acids is 1. The number of nitrogens with zero attached hydrogens (tertiary/aromatic N) is 1. The Kier molecular flexibility index (Phi) is 5.65. The van der Waals surface area contributed by atoms with Crippen LogP contribution in [0.3, 0.4) is 0 Å². The van der Waals surface area contributed by atoms with Crippen molar-refractivity contribution in [2.24, 2.45) is 5.92 Å². The molecule has 1 saturated carbocycles. The summed E-state index contributed by atoms with van der Waals surface area (Å²) in [6, 6.07) is 0. The first-order chi connectivity index (χ1) is 8.85. The molecule has 0 atom stereocenters. The summed E-state index contributed by atoms with van der Waals surface area (Å²) in [5, 5.41) is 8.76. The first-order valence-electron chi connectivity index (χ1n) is 6.23. The van der Waals surface area contributed by atoms with Crippen LogP contribution in [0, 0.1) is 5.92 Å². The molecule has 0 unspecified atom stereocenters. The van der Waals surface area contributed by atoms with Gasteiger partial charge in [0.25, 0.3) is 0 Å². The number of aliphatic carboxylic acids is 1. The minimum absolute atomic E-state index is 0.106. The van der Waals surface area contributed by atoms with Crippen LogP contribution in [0.15, 0.2) is 0 Å². The van der Waals surface area contributed by atoms with Crippen molar-refractivity contribution in [1.82, 2.24) is 4.90 Å². The third kappa shape index (κ3) is 5.10. The number of carbonyl (C=O) groups is 2. The lowest BCUT2D eigenvalue weighted by molar-refractivity contribution is -0.149. The van der Waals surface area contributed by atoms with Gasteiger partial charge in [0.1, 0.15) is 6.54 Å². The molecule has 1 fully saturated rings. The predicted molar refractivity (Wildman–Crippen MR) is 63.0 cm³/mol. The average Bonchev–Trinajstić information content (AvgIpc) is 2.33. The van der Waals surface area contributed by atoms with Crippen molar-refractivity contribution < 1.29 is 28.2 Å². The zero-order valence-electron chi connectivity index (χ0n) is 10.9. The SMILES string of the molecule is COCCN(CC(=O)O)C(=O)C1CCC(F)(F)CC1. The lowest BCUT2D eigenvalue weighted by atomic mass is 9.86. The Morgan fingerprint density at radius 3 is 2.42 bits per heavy atom. The molecule has 0 radical (unpaired) electrons. The second kappa shape index (κ2) is 6.79. The molecule has 0 saturated heterocycles. The number of ether oxygens (including phenoxy) is 1. The van der Waals surface area contributed by atoms with Crippen LogP contribution >= 0.6 is 0 Å². The van der Waals surface area contributed by atoms with Crippen LogP contribution in [0.2, 0.25) is 0 Å². The maximum Gasteiger partial charge on any atom is 0.323 e. The fraction of sp³-hybridized carbons (Fsp3) is 0.833. The van der Waals surface area contributed by atoms with E-state index in [4.69, 9.17) is 9.84 Å². The minimum Gasteiger partial charge on any atom is -0.480 e. The van der Waals surface area contributed by atoms with Crippen molar-refractivity contribution in [2.45, 2.75) is 31.6 Å². The summed E-state index contributed by atoms with van der Waals surface area (Å²) < 4.78 is 30.8. The maximum absolute atomic E-state index is 13.0. The highest BCUT2D eigenvalue weighted by atomic mass is 19.3. The van der Waals surface area contributed by atoms with Gasteiger partial charge in [0.2, 0.25) is 11.8 Å². The van der Waals surface area contributed by atoms with Gasteiger partial charge < -0.3 is 14.7 Å². The topological polar surface area (TPSA) is 66.8 Å². The molecular formula is C12H19F2NO4. The minimum atomic E-state index is -2.69. The first-order valence-corrected chi connectivity index (χ1v) is 6.23. The van der Waals surface area contributed by atoms with Crippen LogP contribution in [0.4, 0.5) is 8.78 Å². The molecule has 7 heteroatoms. The van der Waals surface area contributed by atoms with Crippen molar-refractivity contribution in [3.63, 3.8) is 0 Å². The summed E-state index contributed by atoms with van der Waals surface area (Å²) in [6.07, 6.45) is -0.410. The van der Waals surface area contributed by atoms with Crippen molar-refractivity contribution >= 4 is 11.9 Å². The fourth-order valence-electron chi connectivity index (χ4n) is 2.18. The predicted octanol–water partition coefficient (Wildman–Crippen LogP) is 1.37. The summed E-state index contributed by atoms with van der Waals surface area (Å²) in [4.78, 5) is 24.0. The van der Waals surface area contributed by atoms with Gasteiger partial charge in [0.05, 0.1) is 6.61 Å². The summed E-state index contributed by atoms with van der Waals surface area (Å²) in [7, 11) is 1.45. The molecule has 1 aliphatic carbocycles. The van der Waals surface area contributed by atoms with Crippen LogP contribution < -0.4 is 0 Å². The van der Waals surface area contributed by atoms with Crippen LogP contribution in [-0.4, -0.2) is 54.6 Å². The Bertz CT molecular complexity index is 326. The van der Waals surface area contributed by atoms with Crippen molar-refractivity contribution in [3.8, 4) is 0 Å². The highest BCUT2D eigenvalue weighted by molar-refractivity contribution is 5.83. The van der Waals surface area contributed by atoms with Gasteiger partial charge in [-0.25, -0.2) is 8.78 Å². The standard InChI is InChI=1S/C12H19F2NO4/c1-19-7-6-15(8-10(16)17)11(18)9-2-4-12(13,14)5-3-9/h9H,2-8H2,1H3,(H,16,17). The van der Waals surface area contributed by atoms with Gasteiger partial charge in [0, 0.05) is 32.4 Å². The molecule has 1 N–H and O–H groups in total. The van der Waals surface area contributed by atoms with E-state index in [9.17, 15) is 18.4 Å².